The highest BCUT2D eigenvalue weighted by Gasteiger charge is 2.33. The molecule has 32 heavy (non-hydrogen) atoms. The monoisotopic (exact) mass is 472 g/mol. The fraction of sp³-hybridized carbons (Fsp3) is 0.0769. The second kappa shape index (κ2) is 8.98. The lowest BCUT2D eigenvalue weighted by molar-refractivity contribution is -0.113. The molecule has 0 aliphatic carbocycles. The summed E-state index contributed by atoms with van der Waals surface area (Å²) in [5.74, 6) is -0.0712. The molecule has 3 aromatic carbocycles. The van der Waals surface area contributed by atoms with Gasteiger partial charge in [0.1, 0.15) is 0 Å². The molecule has 6 heteroatoms. The molecule has 2 heterocycles. The largest absolute Gasteiger partial charge is 0.342 e. The highest BCUT2D eigenvalue weighted by Crippen LogP contribution is 2.38. The molecule has 0 bridgehead atoms. The van der Waals surface area contributed by atoms with Crippen molar-refractivity contribution in [2.75, 3.05) is 11.2 Å². The van der Waals surface area contributed by atoms with Crippen molar-refractivity contribution < 1.29 is 4.79 Å². The molecule has 0 unspecified atom stereocenters. The molecule has 1 aromatic heterocycles. The molecule has 5 rings (SSSR count). The average Bonchev–Trinajstić information content (AvgIpc) is 3.31. The number of thioether (sulfide) groups is 2. The van der Waals surface area contributed by atoms with E-state index < -0.39 is 0 Å². The molecule has 0 radical (unpaired) electrons. The Labute approximate surface area is 201 Å². The van der Waals surface area contributed by atoms with Gasteiger partial charge in [0.05, 0.1) is 10.6 Å². The van der Waals surface area contributed by atoms with E-state index in [4.69, 9.17) is 12.2 Å². The van der Waals surface area contributed by atoms with Crippen LogP contribution in [0.2, 0.25) is 0 Å². The van der Waals surface area contributed by atoms with E-state index in [9.17, 15) is 4.79 Å². The summed E-state index contributed by atoms with van der Waals surface area (Å²) in [6, 6.07) is 26.6. The van der Waals surface area contributed by atoms with Crippen LogP contribution in [0.15, 0.2) is 94.9 Å². The Balaban J connectivity index is 1.51. The normalized spacial score (nSPS) is 15.3. The van der Waals surface area contributed by atoms with Crippen molar-refractivity contribution in [3.63, 3.8) is 0 Å². The van der Waals surface area contributed by atoms with Crippen molar-refractivity contribution in [2.45, 2.75) is 11.4 Å². The van der Waals surface area contributed by atoms with E-state index in [0.717, 1.165) is 33.6 Å². The van der Waals surface area contributed by atoms with Crippen LogP contribution < -0.4 is 4.90 Å². The molecule has 0 spiro atoms. The van der Waals surface area contributed by atoms with Crippen molar-refractivity contribution in [2.24, 2.45) is 0 Å². The van der Waals surface area contributed by atoms with Crippen LogP contribution in [0.3, 0.4) is 0 Å². The quantitative estimate of drug-likeness (QED) is 0.181. The Kier molecular flexibility index (Phi) is 5.91. The highest BCUT2D eigenvalue weighted by atomic mass is 32.2. The minimum atomic E-state index is -0.0712. The second-order valence-electron chi connectivity index (χ2n) is 7.43. The van der Waals surface area contributed by atoms with E-state index in [1.807, 2.05) is 54.8 Å². The van der Waals surface area contributed by atoms with Crippen LogP contribution in [0.5, 0.6) is 0 Å². The number of hydrogen-bond acceptors (Lipinski definition) is 4. The number of nitrogens with zero attached hydrogens (tertiary/aromatic N) is 2. The van der Waals surface area contributed by atoms with E-state index in [1.165, 1.54) is 17.3 Å². The summed E-state index contributed by atoms with van der Waals surface area (Å²) >= 11 is 8.58. The van der Waals surface area contributed by atoms with Gasteiger partial charge in [-0.1, -0.05) is 78.6 Å². The maximum Gasteiger partial charge on any atom is 0.270 e. The molecule has 0 atom stereocenters. The molecule has 158 valence electrons. The molecule has 4 aromatic rings. The van der Waals surface area contributed by atoms with Gasteiger partial charge in [0.15, 0.2) is 4.32 Å². The average molecular weight is 473 g/mol. The van der Waals surface area contributed by atoms with Crippen molar-refractivity contribution in [1.82, 2.24) is 4.57 Å². The van der Waals surface area contributed by atoms with Crippen LogP contribution in [0.1, 0.15) is 11.1 Å². The van der Waals surface area contributed by atoms with Gasteiger partial charge in [0.25, 0.3) is 5.91 Å². The summed E-state index contributed by atoms with van der Waals surface area (Å²) < 4.78 is 2.80. The number of aromatic nitrogens is 1. The fourth-order valence-electron chi connectivity index (χ4n) is 3.88. The molecule has 0 N–H and O–H groups in total. The summed E-state index contributed by atoms with van der Waals surface area (Å²) in [5, 5.41) is 1.12. The first-order valence-electron chi connectivity index (χ1n) is 10.2. The number of para-hydroxylation sites is 1. The standard InChI is InChI=1S/C26H20N2OS3/c1-31-21-11-7-10-20(15-21)28-25(29)24(32-26(28)30)14-19-17-27(16-18-8-3-2-4-9-18)23-13-6-5-12-22(19)23/h2-15,17H,16H2,1H3/b24-14-. The van der Waals surface area contributed by atoms with Gasteiger partial charge in [-0.2, -0.15) is 0 Å². The third-order valence-corrected chi connectivity index (χ3v) is 7.43. The van der Waals surface area contributed by atoms with Crippen LogP contribution in [0.25, 0.3) is 17.0 Å². The van der Waals surface area contributed by atoms with Crippen LogP contribution >= 0.6 is 35.7 Å². The number of rotatable bonds is 5. The molecule has 1 aliphatic rings. The van der Waals surface area contributed by atoms with Crippen LogP contribution in [0, 0.1) is 0 Å². The van der Waals surface area contributed by atoms with Crippen LogP contribution in [-0.4, -0.2) is 21.1 Å². The van der Waals surface area contributed by atoms with Crippen molar-refractivity contribution >= 4 is 68.6 Å². The first kappa shape index (κ1) is 21.1. The van der Waals surface area contributed by atoms with Gasteiger partial charge in [0.2, 0.25) is 0 Å². The zero-order chi connectivity index (χ0) is 22.1. The number of benzene rings is 3. The second-order valence-corrected chi connectivity index (χ2v) is 9.99. The fourth-order valence-corrected chi connectivity index (χ4v) is 5.63. The van der Waals surface area contributed by atoms with Crippen LogP contribution in [0.4, 0.5) is 5.69 Å². The van der Waals surface area contributed by atoms with Gasteiger partial charge < -0.3 is 4.57 Å². The summed E-state index contributed by atoms with van der Waals surface area (Å²) in [7, 11) is 0. The smallest absolute Gasteiger partial charge is 0.270 e. The number of carbonyl (C=O) groups excluding carboxylic acids is 1. The Bertz CT molecular complexity index is 1360. The lowest BCUT2D eigenvalue weighted by atomic mass is 10.1. The Hall–Kier alpha value is -2.80. The minimum Gasteiger partial charge on any atom is -0.342 e. The van der Waals surface area contributed by atoms with Crippen molar-refractivity contribution in [1.29, 1.82) is 0 Å². The molecule has 1 fully saturated rings. The van der Waals surface area contributed by atoms with Crippen molar-refractivity contribution in [3.8, 4) is 0 Å². The van der Waals surface area contributed by atoms with Crippen molar-refractivity contribution in [3.05, 3.63) is 101 Å². The number of carbonyl (C=O) groups is 1. The predicted octanol–water partition coefficient (Wildman–Crippen LogP) is 6.82. The molecule has 3 nitrogen and oxygen atoms in total. The first-order valence-corrected chi connectivity index (χ1v) is 12.6. The van der Waals surface area contributed by atoms with Gasteiger partial charge in [-0.3, -0.25) is 9.69 Å². The van der Waals surface area contributed by atoms with E-state index in [0.29, 0.717) is 9.23 Å². The summed E-state index contributed by atoms with van der Waals surface area (Å²) in [5.41, 5.74) is 4.22. The lowest BCUT2D eigenvalue weighted by Crippen LogP contribution is -2.27. The molecular formula is C26H20N2OS3. The number of thiocarbonyl (C=S) groups is 1. The molecular weight excluding hydrogens is 453 g/mol. The molecule has 1 amide bonds. The van der Waals surface area contributed by atoms with Crippen LogP contribution in [-0.2, 0) is 11.3 Å². The van der Waals surface area contributed by atoms with E-state index >= 15 is 0 Å². The summed E-state index contributed by atoms with van der Waals surface area (Å²) in [6.45, 7) is 0.775. The molecule has 0 saturated carbocycles. The first-order chi connectivity index (χ1) is 15.6. The Morgan fingerprint density at radius 3 is 2.59 bits per heavy atom. The van der Waals surface area contributed by atoms with E-state index in [2.05, 4.69) is 47.2 Å². The van der Waals surface area contributed by atoms with E-state index in [-0.39, 0.29) is 5.91 Å². The summed E-state index contributed by atoms with van der Waals surface area (Å²) in [4.78, 5) is 16.7. The Morgan fingerprint density at radius 2 is 1.78 bits per heavy atom. The maximum absolute atomic E-state index is 13.3. The van der Waals surface area contributed by atoms with Gasteiger partial charge in [-0.15, -0.1) is 11.8 Å². The topological polar surface area (TPSA) is 25.2 Å². The van der Waals surface area contributed by atoms with E-state index in [1.54, 1.807) is 16.7 Å². The number of hydrogen-bond donors (Lipinski definition) is 0. The number of anilines is 1. The van der Waals surface area contributed by atoms with Gasteiger partial charge in [0, 0.05) is 34.1 Å². The number of fused-ring (bicyclic) bond motifs is 1. The molecule has 1 saturated heterocycles. The minimum absolute atomic E-state index is 0.0712. The third-order valence-electron chi connectivity index (χ3n) is 5.41. The van der Waals surface area contributed by atoms with Gasteiger partial charge in [-0.25, -0.2) is 0 Å². The zero-order valence-corrected chi connectivity index (χ0v) is 19.8. The maximum atomic E-state index is 13.3. The SMILES string of the molecule is CSc1cccc(N2C(=O)/C(=C/c3cn(Cc4ccccc4)c4ccccc34)SC2=S)c1. The number of amides is 1. The highest BCUT2D eigenvalue weighted by molar-refractivity contribution is 8.27. The van der Waals surface area contributed by atoms with Gasteiger partial charge >= 0.3 is 0 Å². The zero-order valence-electron chi connectivity index (χ0n) is 17.4. The predicted molar refractivity (Wildman–Crippen MR) is 141 cm³/mol. The van der Waals surface area contributed by atoms with Gasteiger partial charge in [-0.05, 0) is 42.2 Å². The Morgan fingerprint density at radius 1 is 1.00 bits per heavy atom. The lowest BCUT2D eigenvalue weighted by Gasteiger charge is -2.15. The third kappa shape index (κ3) is 4.01. The molecule has 1 aliphatic heterocycles. The summed E-state index contributed by atoms with van der Waals surface area (Å²) in [6.07, 6.45) is 6.12.